The molecule has 0 unspecified atom stereocenters. The van der Waals surface area contributed by atoms with E-state index in [0.29, 0.717) is 19.1 Å². The number of rotatable bonds is 5. The van der Waals surface area contributed by atoms with Crippen LogP contribution < -0.4 is 5.32 Å². The van der Waals surface area contributed by atoms with Gasteiger partial charge in [0.1, 0.15) is 5.82 Å². The zero-order valence-electron chi connectivity index (χ0n) is 13.8. The molecule has 126 valence electrons. The van der Waals surface area contributed by atoms with E-state index in [1.807, 2.05) is 47.4 Å². The summed E-state index contributed by atoms with van der Waals surface area (Å²) < 4.78 is 5.45. The third kappa shape index (κ3) is 3.89. The molecule has 1 saturated heterocycles. The standard InChI is InChI=1S/C18H22N4O2/c1-24-17(14-6-3-2-4-7-14)18(23)22-12-9-15(10-13-22)20-16-8-5-11-19-21-16/h2-8,11,15,17H,9-10,12-13H2,1H3,(H,20,21)/t17-/m0/s1. The molecule has 6 nitrogen and oxygen atoms in total. The summed E-state index contributed by atoms with van der Waals surface area (Å²) >= 11 is 0. The van der Waals surface area contributed by atoms with Gasteiger partial charge in [-0.05, 0) is 30.5 Å². The molecule has 2 aromatic rings. The first-order valence-corrected chi connectivity index (χ1v) is 8.18. The average molecular weight is 326 g/mol. The fourth-order valence-electron chi connectivity index (χ4n) is 3.00. The van der Waals surface area contributed by atoms with Gasteiger partial charge in [0.15, 0.2) is 6.10 Å². The molecule has 1 aliphatic rings. The largest absolute Gasteiger partial charge is 0.367 e. The molecule has 0 saturated carbocycles. The van der Waals surface area contributed by atoms with Gasteiger partial charge in [-0.1, -0.05) is 30.3 Å². The fraction of sp³-hybridized carbons (Fsp3) is 0.389. The smallest absolute Gasteiger partial charge is 0.256 e. The normalized spacial score (nSPS) is 16.6. The van der Waals surface area contributed by atoms with E-state index in [4.69, 9.17) is 4.74 Å². The molecule has 1 fully saturated rings. The summed E-state index contributed by atoms with van der Waals surface area (Å²) in [6, 6.07) is 13.7. The number of piperidine rings is 1. The second kappa shape index (κ2) is 7.88. The average Bonchev–Trinajstić information content (AvgIpc) is 2.65. The number of methoxy groups -OCH3 is 1. The lowest BCUT2D eigenvalue weighted by Gasteiger charge is -2.34. The van der Waals surface area contributed by atoms with Crippen molar-refractivity contribution in [1.82, 2.24) is 15.1 Å². The number of nitrogens with one attached hydrogen (secondary N) is 1. The number of hydrogen-bond donors (Lipinski definition) is 1. The maximum Gasteiger partial charge on any atom is 0.256 e. The summed E-state index contributed by atoms with van der Waals surface area (Å²) in [5, 5.41) is 11.3. The third-order valence-corrected chi connectivity index (χ3v) is 4.29. The quantitative estimate of drug-likeness (QED) is 0.913. The highest BCUT2D eigenvalue weighted by molar-refractivity contribution is 5.82. The summed E-state index contributed by atoms with van der Waals surface area (Å²) in [4.78, 5) is 14.6. The monoisotopic (exact) mass is 326 g/mol. The van der Waals surface area contributed by atoms with E-state index in [0.717, 1.165) is 24.2 Å². The number of carbonyl (C=O) groups is 1. The maximum absolute atomic E-state index is 12.8. The van der Waals surface area contributed by atoms with Gasteiger partial charge in [0.05, 0.1) is 0 Å². The summed E-state index contributed by atoms with van der Waals surface area (Å²) in [6.07, 6.45) is 2.89. The minimum absolute atomic E-state index is 0.0293. The molecule has 1 N–H and O–H groups in total. The van der Waals surface area contributed by atoms with Gasteiger partial charge in [-0.25, -0.2) is 0 Å². The van der Waals surface area contributed by atoms with E-state index in [1.165, 1.54) is 0 Å². The maximum atomic E-state index is 12.8. The highest BCUT2D eigenvalue weighted by Gasteiger charge is 2.29. The Labute approximate surface area is 141 Å². The number of nitrogens with zero attached hydrogens (tertiary/aromatic N) is 3. The molecule has 24 heavy (non-hydrogen) atoms. The SMILES string of the molecule is CO[C@H](C(=O)N1CCC(Nc2cccnn2)CC1)c1ccccc1. The molecule has 1 aliphatic heterocycles. The molecule has 0 aliphatic carbocycles. The van der Waals surface area contributed by atoms with Gasteiger partial charge in [0.25, 0.3) is 5.91 Å². The predicted molar refractivity (Wildman–Crippen MR) is 91.4 cm³/mol. The molecule has 1 amide bonds. The Morgan fingerprint density at radius 2 is 1.96 bits per heavy atom. The lowest BCUT2D eigenvalue weighted by molar-refractivity contribution is -0.143. The van der Waals surface area contributed by atoms with E-state index < -0.39 is 6.10 Å². The van der Waals surface area contributed by atoms with E-state index in [-0.39, 0.29) is 5.91 Å². The van der Waals surface area contributed by atoms with Crippen molar-refractivity contribution < 1.29 is 9.53 Å². The van der Waals surface area contributed by atoms with Crippen molar-refractivity contribution in [2.45, 2.75) is 25.0 Å². The minimum atomic E-state index is -0.532. The van der Waals surface area contributed by atoms with Crippen LogP contribution in [0, 0.1) is 0 Å². The highest BCUT2D eigenvalue weighted by Crippen LogP contribution is 2.22. The summed E-state index contributed by atoms with van der Waals surface area (Å²) in [7, 11) is 1.58. The highest BCUT2D eigenvalue weighted by atomic mass is 16.5. The Morgan fingerprint density at radius 3 is 2.58 bits per heavy atom. The van der Waals surface area contributed by atoms with Crippen LogP contribution in [0.4, 0.5) is 5.82 Å². The molecule has 0 bridgehead atoms. The molecule has 2 heterocycles. The Morgan fingerprint density at radius 1 is 1.21 bits per heavy atom. The topological polar surface area (TPSA) is 67.3 Å². The third-order valence-electron chi connectivity index (χ3n) is 4.29. The van der Waals surface area contributed by atoms with Gasteiger partial charge in [-0.15, -0.1) is 5.10 Å². The van der Waals surface area contributed by atoms with Gasteiger partial charge in [0, 0.05) is 32.4 Å². The van der Waals surface area contributed by atoms with Crippen LogP contribution in [0.1, 0.15) is 24.5 Å². The zero-order valence-corrected chi connectivity index (χ0v) is 13.8. The van der Waals surface area contributed by atoms with Crippen LogP contribution in [0.15, 0.2) is 48.7 Å². The first-order chi connectivity index (χ1) is 11.8. The van der Waals surface area contributed by atoms with Gasteiger partial charge in [-0.3, -0.25) is 4.79 Å². The van der Waals surface area contributed by atoms with Gasteiger partial charge < -0.3 is 15.0 Å². The molecule has 1 aromatic carbocycles. The predicted octanol–water partition coefficient (Wildman–Crippen LogP) is 2.27. The summed E-state index contributed by atoms with van der Waals surface area (Å²) in [5.41, 5.74) is 0.893. The van der Waals surface area contributed by atoms with E-state index in [9.17, 15) is 4.79 Å². The number of benzene rings is 1. The second-order valence-electron chi connectivity index (χ2n) is 5.88. The van der Waals surface area contributed by atoms with Crippen LogP contribution in [-0.2, 0) is 9.53 Å². The van der Waals surface area contributed by atoms with Crippen LogP contribution in [0.2, 0.25) is 0 Å². The lowest BCUT2D eigenvalue weighted by atomic mass is 10.0. The number of anilines is 1. The number of amides is 1. The minimum Gasteiger partial charge on any atom is -0.367 e. The first kappa shape index (κ1) is 16.4. The molecule has 1 aromatic heterocycles. The number of hydrogen-bond acceptors (Lipinski definition) is 5. The lowest BCUT2D eigenvalue weighted by Crippen LogP contribution is -2.44. The number of aromatic nitrogens is 2. The summed E-state index contributed by atoms with van der Waals surface area (Å²) in [5.74, 6) is 0.808. The van der Waals surface area contributed by atoms with Crippen LogP contribution >= 0.6 is 0 Å². The van der Waals surface area contributed by atoms with Crippen LogP contribution in [0.5, 0.6) is 0 Å². The second-order valence-corrected chi connectivity index (χ2v) is 5.88. The number of carbonyl (C=O) groups excluding carboxylic acids is 1. The van der Waals surface area contributed by atoms with Crippen molar-refractivity contribution in [2.24, 2.45) is 0 Å². The van der Waals surface area contributed by atoms with Crippen molar-refractivity contribution >= 4 is 11.7 Å². The Hall–Kier alpha value is -2.47. The van der Waals surface area contributed by atoms with Crippen LogP contribution in [-0.4, -0.2) is 47.2 Å². The fourth-order valence-corrected chi connectivity index (χ4v) is 3.00. The Bertz CT molecular complexity index is 643. The Kier molecular flexibility index (Phi) is 5.38. The molecule has 3 rings (SSSR count). The van der Waals surface area contributed by atoms with Gasteiger partial charge >= 0.3 is 0 Å². The molecule has 1 atom stereocenters. The van der Waals surface area contributed by atoms with Crippen molar-refractivity contribution in [3.05, 3.63) is 54.2 Å². The number of ether oxygens (including phenoxy) is 1. The van der Waals surface area contributed by atoms with Crippen molar-refractivity contribution in [1.29, 1.82) is 0 Å². The van der Waals surface area contributed by atoms with Crippen molar-refractivity contribution in [3.63, 3.8) is 0 Å². The first-order valence-electron chi connectivity index (χ1n) is 8.18. The van der Waals surface area contributed by atoms with Gasteiger partial charge in [0.2, 0.25) is 0 Å². The zero-order chi connectivity index (χ0) is 16.8. The Balaban J connectivity index is 1.56. The summed E-state index contributed by atoms with van der Waals surface area (Å²) in [6.45, 7) is 1.42. The number of likely N-dealkylation sites (tertiary alicyclic amines) is 1. The van der Waals surface area contributed by atoms with Gasteiger partial charge in [-0.2, -0.15) is 5.10 Å². The van der Waals surface area contributed by atoms with E-state index in [1.54, 1.807) is 13.3 Å². The van der Waals surface area contributed by atoms with Crippen LogP contribution in [0.25, 0.3) is 0 Å². The van der Waals surface area contributed by atoms with Crippen LogP contribution in [0.3, 0.4) is 0 Å². The van der Waals surface area contributed by atoms with Crippen molar-refractivity contribution in [3.8, 4) is 0 Å². The van der Waals surface area contributed by atoms with E-state index in [2.05, 4.69) is 15.5 Å². The molecule has 6 heteroatoms. The van der Waals surface area contributed by atoms with Crippen molar-refractivity contribution in [2.75, 3.05) is 25.5 Å². The molecular weight excluding hydrogens is 304 g/mol. The molecule has 0 spiro atoms. The molecule has 0 radical (unpaired) electrons. The molecular formula is C18H22N4O2. The van der Waals surface area contributed by atoms with E-state index >= 15 is 0 Å².